The molecule has 0 aromatic rings. The van der Waals surface area contributed by atoms with Crippen LogP contribution in [0.15, 0.2) is 7.54 Å². The molecule has 0 N–H and O–H groups in total. The molecular weight excluding hydrogens is 401 g/mol. The molecule has 0 spiro atoms. The van der Waals surface area contributed by atoms with Gasteiger partial charge in [-0.1, -0.05) is 0 Å². The zero-order valence-electron chi connectivity index (χ0n) is 3.47. The summed E-state index contributed by atoms with van der Waals surface area (Å²) >= 11 is 3.80. The zero-order valence-corrected chi connectivity index (χ0v) is 11.4. The molecule has 0 aliphatic carbocycles. The van der Waals surface area contributed by atoms with E-state index in [-0.39, 0.29) is 16.8 Å². The SMILES string of the molecule is C[C]([SbH])=[CH][Sb]=[Sb]. The molecular formula is C3H5Sb3. The first-order chi connectivity index (χ1) is 2.77. The van der Waals surface area contributed by atoms with Gasteiger partial charge in [0.25, 0.3) is 0 Å². The molecule has 0 aliphatic heterocycles. The van der Waals surface area contributed by atoms with E-state index in [0.29, 0.717) is 0 Å². The van der Waals surface area contributed by atoms with Gasteiger partial charge in [0.2, 0.25) is 0 Å². The molecule has 6 heavy (non-hydrogen) atoms. The van der Waals surface area contributed by atoms with Crippen LogP contribution in [0.4, 0.5) is 0 Å². The molecule has 3 heteroatoms. The van der Waals surface area contributed by atoms with Crippen LogP contribution in [0.3, 0.4) is 0 Å². The van der Waals surface area contributed by atoms with E-state index in [9.17, 15) is 0 Å². The number of hydrogen-bond acceptors (Lipinski definition) is 0. The average molecular weight is 406 g/mol. The fourth-order valence-electron chi connectivity index (χ4n) is 0.0866. The molecule has 0 aromatic heterocycles. The minimum atomic E-state index is 0.200. The van der Waals surface area contributed by atoms with Crippen molar-refractivity contribution >= 4 is 58.1 Å². The van der Waals surface area contributed by atoms with Crippen LogP contribution in [0.2, 0.25) is 0 Å². The van der Waals surface area contributed by atoms with Gasteiger partial charge < -0.3 is 0 Å². The van der Waals surface area contributed by atoms with Gasteiger partial charge in [0.15, 0.2) is 0 Å². The van der Waals surface area contributed by atoms with Crippen LogP contribution < -0.4 is 0 Å². The molecule has 0 bridgehead atoms. The van der Waals surface area contributed by atoms with Crippen molar-refractivity contribution in [2.75, 3.05) is 0 Å². The van der Waals surface area contributed by atoms with E-state index in [1.807, 2.05) is 18.2 Å². The van der Waals surface area contributed by atoms with Crippen molar-refractivity contribution in [1.82, 2.24) is 0 Å². The summed E-state index contributed by atoms with van der Waals surface area (Å²) in [5.41, 5.74) is 0. The maximum atomic E-state index is 2.42. The van der Waals surface area contributed by atoms with Gasteiger partial charge in [0, 0.05) is 0 Å². The maximum absolute atomic E-state index is 2.42. The summed E-state index contributed by atoms with van der Waals surface area (Å²) in [6.45, 7) is 2.20. The normalized spacial score (nSPS) is 11.3. The van der Waals surface area contributed by atoms with Crippen LogP contribution in [-0.4, -0.2) is 58.1 Å². The van der Waals surface area contributed by atoms with Crippen LogP contribution >= 0.6 is 0 Å². The summed E-state index contributed by atoms with van der Waals surface area (Å²) in [5, 5.41) is 0. The first-order valence-corrected chi connectivity index (χ1v) is 13.2. The molecule has 0 heterocycles. The quantitative estimate of drug-likeness (QED) is 0.517. The van der Waals surface area contributed by atoms with E-state index in [2.05, 4.69) is 10.9 Å². The Balaban J connectivity index is 3.41. The molecule has 0 fully saturated rings. The van der Waals surface area contributed by atoms with E-state index < -0.39 is 0 Å². The van der Waals surface area contributed by atoms with Gasteiger partial charge in [-0.25, -0.2) is 0 Å². The molecule has 32 valence electrons. The van der Waals surface area contributed by atoms with Gasteiger partial charge >= 0.3 is 72.6 Å². The molecule has 0 saturated carbocycles. The summed E-state index contributed by atoms with van der Waals surface area (Å²) in [4.78, 5) is 0. The Kier molecular flexibility index (Phi) is 7.28. The van der Waals surface area contributed by atoms with Crippen molar-refractivity contribution in [3.63, 3.8) is 0 Å². The monoisotopic (exact) mass is 404 g/mol. The van der Waals surface area contributed by atoms with Crippen LogP contribution in [0.5, 0.6) is 0 Å². The van der Waals surface area contributed by atoms with Crippen LogP contribution in [-0.2, 0) is 0 Å². The predicted octanol–water partition coefficient (Wildman–Crippen LogP) is -0.464. The molecule has 2 radical (unpaired) electrons. The Labute approximate surface area is 71.2 Å². The third-order valence-corrected chi connectivity index (χ3v) is 6.37. The Morgan fingerprint density at radius 3 is 2.50 bits per heavy atom. The van der Waals surface area contributed by atoms with E-state index >= 15 is 0 Å². The first kappa shape index (κ1) is 8.19. The molecule has 0 unspecified atom stereocenters. The molecule has 0 aliphatic rings. The van der Waals surface area contributed by atoms with Crippen molar-refractivity contribution in [1.29, 1.82) is 0 Å². The Morgan fingerprint density at radius 2 is 2.50 bits per heavy atom. The molecule has 0 aromatic carbocycles. The van der Waals surface area contributed by atoms with Crippen molar-refractivity contribution in [3.8, 4) is 0 Å². The summed E-state index contributed by atoms with van der Waals surface area (Å²) in [7, 11) is 0. The van der Waals surface area contributed by atoms with Gasteiger partial charge in [0.1, 0.15) is 0 Å². The van der Waals surface area contributed by atoms with Crippen molar-refractivity contribution in [2.45, 2.75) is 6.92 Å². The van der Waals surface area contributed by atoms with E-state index in [1.165, 1.54) is 0 Å². The second kappa shape index (κ2) is 5.33. The molecule has 0 amide bonds. The summed E-state index contributed by atoms with van der Waals surface area (Å²) in [6.07, 6.45) is 0. The van der Waals surface area contributed by atoms with E-state index in [1.54, 1.807) is 26.5 Å². The molecule has 0 nitrogen and oxygen atoms in total. The third kappa shape index (κ3) is 6.19. The summed E-state index contributed by atoms with van der Waals surface area (Å²) < 4.78 is 4.00. The van der Waals surface area contributed by atoms with Gasteiger partial charge in [0.05, 0.1) is 0 Å². The number of hydrogen-bond donors (Lipinski definition) is 0. The third-order valence-electron chi connectivity index (χ3n) is 0.251. The molecule has 0 atom stereocenters. The average Bonchev–Trinajstić information content (AvgIpc) is 1.35. The molecule has 0 rings (SSSR count). The van der Waals surface area contributed by atoms with Crippen molar-refractivity contribution < 1.29 is 0 Å². The minimum absolute atomic E-state index is 0.200. The van der Waals surface area contributed by atoms with Crippen LogP contribution in [0.25, 0.3) is 0 Å². The predicted molar refractivity (Wildman–Crippen MR) is 32.4 cm³/mol. The van der Waals surface area contributed by atoms with E-state index in [4.69, 9.17) is 0 Å². The van der Waals surface area contributed by atoms with Crippen molar-refractivity contribution in [2.24, 2.45) is 0 Å². The zero-order chi connectivity index (χ0) is 4.99. The Morgan fingerprint density at radius 1 is 2.00 bits per heavy atom. The number of rotatable bonds is 1. The van der Waals surface area contributed by atoms with Crippen LogP contribution in [0, 0.1) is 0 Å². The molecule has 0 saturated heterocycles. The van der Waals surface area contributed by atoms with Gasteiger partial charge in [-0.15, -0.1) is 0 Å². The van der Waals surface area contributed by atoms with Gasteiger partial charge in [-0.3, -0.25) is 0 Å². The standard InChI is InChI=1S/C3H4.3Sb.H/c1-3-2;;;;/h1H,2H3;;;;. The Bertz CT molecular complexity index is 70.1. The first-order valence-electron chi connectivity index (χ1n) is 1.50. The summed E-state index contributed by atoms with van der Waals surface area (Å²) in [6, 6.07) is 0. The second-order valence-electron chi connectivity index (χ2n) is 0.928. The van der Waals surface area contributed by atoms with E-state index in [0.717, 1.165) is 0 Å². The Hall–Kier alpha value is 2.19. The second-order valence-corrected chi connectivity index (χ2v) is 9.00. The summed E-state index contributed by atoms with van der Waals surface area (Å²) in [5.74, 6) is 0. The number of allylic oxidation sites excluding steroid dienone is 1. The van der Waals surface area contributed by atoms with Gasteiger partial charge in [-0.05, 0) is 0 Å². The topological polar surface area (TPSA) is 0 Å². The van der Waals surface area contributed by atoms with Crippen LogP contribution in [0.1, 0.15) is 6.92 Å². The fourth-order valence-corrected chi connectivity index (χ4v) is 11.3. The van der Waals surface area contributed by atoms with Crippen molar-refractivity contribution in [3.05, 3.63) is 7.54 Å². The fraction of sp³-hybridized carbons (Fsp3) is 0.333. The van der Waals surface area contributed by atoms with Gasteiger partial charge in [-0.2, -0.15) is 0 Å².